The molecule has 0 heterocycles. The van der Waals surface area contributed by atoms with E-state index in [1.807, 2.05) is 91.9 Å². The molecular weight excluding hydrogens is 480 g/mol. The fraction of sp³-hybridized carbons (Fsp3) is 0.355. The smallest absolute Gasteiger partial charge is 0.410 e. The van der Waals surface area contributed by atoms with E-state index in [1.165, 1.54) is 4.90 Å². The Morgan fingerprint density at radius 1 is 0.895 bits per heavy atom. The molecule has 0 aliphatic heterocycles. The van der Waals surface area contributed by atoms with Gasteiger partial charge >= 0.3 is 12.2 Å². The molecule has 3 aromatic rings. The van der Waals surface area contributed by atoms with Crippen molar-refractivity contribution in [2.24, 2.45) is 0 Å². The zero-order valence-corrected chi connectivity index (χ0v) is 22.6. The number of amides is 2. The molecule has 0 aliphatic carbocycles. The van der Waals surface area contributed by atoms with Crippen LogP contribution >= 0.6 is 0 Å². The number of hydrogen-bond acceptors (Lipinski definition) is 5. The van der Waals surface area contributed by atoms with E-state index in [-0.39, 0.29) is 19.7 Å². The number of ether oxygens (including phenoxy) is 2. The van der Waals surface area contributed by atoms with Gasteiger partial charge in [-0.2, -0.15) is 0 Å². The fourth-order valence-corrected chi connectivity index (χ4v) is 4.01. The number of hydrogen-bond donors (Lipinski definition) is 2. The number of alkyl carbamates (subject to hydrolysis) is 1. The van der Waals surface area contributed by atoms with Gasteiger partial charge in [-0.1, -0.05) is 90.5 Å². The number of aliphatic hydroxyl groups is 1. The van der Waals surface area contributed by atoms with E-state index in [9.17, 15) is 14.7 Å². The first kappa shape index (κ1) is 28.7. The quantitative estimate of drug-likeness (QED) is 0.363. The first-order valence-corrected chi connectivity index (χ1v) is 12.8. The predicted molar refractivity (Wildman–Crippen MR) is 148 cm³/mol. The summed E-state index contributed by atoms with van der Waals surface area (Å²) in [4.78, 5) is 27.3. The number of nitrogens with one attached hydrogen (secondary N) is 1. The summed E-state index contributed by atoms with van der Waals surface area (Å²) < 4.78 is 11.0. The van der Waals surface area contributed by atoms with E-state index in [0.29, 0.717) is 6.42 Å². The van der Waals surface area contributed by atoms with Gasteiger partial charge in [-0.05, 0) is 50.8 Å². The Bertz CT molecular complexity index is 1160. The second-order valence-electron chi connectivity index (χ2n) is 10.4. The molecule has 7 heteroatoms. The van der Waals surface area contributed by atoms with Crippen LogP contribution in [0.3, 0.4) is 0 Å². The molecule has 0 aromatic heterocycles. The summed E-state index contributed by atoms with van der Waals surface area (Å²) in [5.41, 5.74) is 3.09. The van der Waals surface area contributed by atoms with Crippen LogP contribution in [-0.2, 0) is 29.0 Å². The molecule has 202 valence electrons. The number of rotatable bonds is 10. The van der Waals surface area contributed by atoms with Crippen molar-refractivity contribution in [2.45, 2.75) is 65.0 Å². The van der Waals surface area contributed by atoms with E-state index in [0.717, 1.165) is 22.3 Å². The van der Waals surface area contributed by atoms with Crippen molar-refractivity contribution in [1.29, 1.82) is 0 Å². The highest BCUT2D eigenvalue weighted by atomic mass is 16.6. The minimum atomic E-state index is -1.09. The third-order valence-electron chi connectivity index (χ3n) is 5.79. The lowest BCUT2D eigenvalue weighted by atomic mass is 10.0. The Morgan fingerprint density at radius 2 is 1.50 bits per heavy atom. The van der Waals surface area contributed by atoms with Crippen LogP contribution in [0.15, 0.2) is 84.9 Å². The SMILES string of the molecule is Cc1cccc(CN(C[C@@H](O)[C@H](Cc2ccccc2)NC(=O)OC(C)(C)C)C(=O)OCc2ccccc2)c1. The first-order chi connectivity index (χ1) is 18.1. The molecule has 0 aliphatic rings. The molecular formula is C31H38N2O5. The number of carbonyl (C=O) groups is 2. The topological polar surface area (TPSA) is 88.1 Å². The van der Waals surface area contributed by atoms with Gasteiger partial charge in [0.15, 0.2) is 0 Å². The van der Waals surface area contributed by atoms with Crippen LogP contribution in [0.25, 0.3) is 0 Å². The van der Waals surface area contributed by atoms with Crippen LogP contribution < -0.4 is 5.32 Å². The zero-order chi connectivity index (χ0) is 27.5. The Kier molecular flexibility index (Phi) is 10.3. The van der Waals surface area contributed by atoms with E-state index >= 15 is 0 Å². The standard InChI is InChI=1S/C31H38N2O5/c1-23-12-11-17-26(18-23)20-33(30(36)37-22-25-15-9-6-10-16-25)21-28(34)27(19-24-13-7-5-8-14-24)32-29(35)38-31(2,3)4/h5-18,27-28,34H,19-22H2,1-4H3,(H,32,35)/t27-,28+/m0/s1. The van der Waals surface area contributed by atoms with Gasteiger partial charge in [0.25, 0.3) is 0 Å². The first-order valence-electron chi connectivity index (χ1n) is 12.8. The summed E-state index contributed by atoms with van der Waals surface area (Å²) in [6.45, 7) is 7.64. The predicted octanol–water partition coefficient (Wildman–Crippen LogP) is 5.63. The average Bonchev–Trinajstić information content (AvgIpc) is 2.86. The normalized spacial score (nSPS) is 12.8. The van der Waals surface area contributed by atoms with Crippen molar-refractivity contribution in [3.63, 3.8) is 0 Å². The van der Waals surface area contributed by atoms with Gasteiger partial charge in [0.2, 0.25) is 0 Å². The van der Waals surface area contributed by atoms with Gasteiger partial charge in [0, 0.05) is 6.54 Å². The maximum absolute atomic E-state index is 13.2. The van der Waals surface area contributed by atoms with E-state index in [1.54, 1.807) is 20.8 Å². The van der Waals surface area contributed by atoms with E-state index in [4.69, 9.17) is 9.47 Å². The Hall–Kier alpha value is -3.84. The molecule has 2 amide bonds. The molecule has 0 saturated carbocycles. The second kappa shape index (κ2) is 13.6. The van der Waals surface area contributed by atoms with Gasteiger partial charge in [0.05, 0.1) is 18.7 Å². The molecule has 0 bridgehead atoms. The molecule has 0 unspecified atom stereocenters. The maximum atomic E-state index is 13.2. The summed E-state index contributed by atoms with van der Waals surface area (Å²) in [5, 5.41) is 14.1. The van der Waals surface area contributed by atoms with Gasteiger partial charge in [0.1, 0.15) is 12.2 Å². The largest absolute Gasteiger partial charge is 0.445 e. The van der Waals surface area contributed by atoms with Crippen LogP contribution in [0.5, 0.6) is 0 Å². The van der Waals surface area contributed by atoms with Crippen LogP contribution in [0.2, 0.25) is 0 Å². The van der Waals surface area contributed by atoms with Crippen LogP contribution in [0, 0.1) is 6.92 Å². The average molecular weight is 519 g/mol. The van der Waals surface area contributed by atoms with Crippen LogP contribution in [0.4, 0.5) is 9.59 Å². The lowest BCUT2D eigenvalue weighted by Gasteiger charge is -2.30. The molecule has 7 nitrogen and oxygen atoms in total. The lowest BCUT2D eigenvalue weighted by molar-refractivity contribution is 0.0327. The van der Waals surface area contributed by atoms with Crippen molar-refractivity contribution in [3.8, 4) is 0 Å². The summed E-state index contributed by atoms with van der Waals surface area (Å²) in [6, 6.07) is 26.1. The number of nitrogens with zero attached hydrogens (tertiary/aromatic N) is 1. The summed E-state index contributed by atoms with van der Waals surface area (Å²) in [6.07, 6.45) is -1.91. The molecule has 3 rings (SSSR count). The lowest BCUT2D eigenvalue weighted by Crippen LogP contribution is -2.51. The third-order valence-corrected chi connectivity index (χ3v) is 5.79. The number of benzene rings is 3. The number of carbonyl (C=O) groups excluding carboxylic acids is 2. The highest BCUT2D eigenvalue weighted by Crippen LogP contribution is 2.15. The fourth-order valence-electron chi connectivity index (χ4n) is 4.01. The van der Waals surface area contributed by atoms with Crippen molar-refractivity contribution in [2.75, 3.05) is 6.54 Å². The highest BCUT2D eigenvalue weighted by molar-refractivity contribution is 5.69. The zero-order valence-electron chi connectivity index (χ0n) is 22.6. The Morgan fingerprint density at radius 3 is 2.11 bits per heavy atom. The van der Waals surface area contributed by atoms with Gasteiger partial charge in [-0.3, -0.25) is 0 Å². The molecule has 2 atom stereocenters. The molecule has 0 spiro atoms. The molecule has 0 fully saturated rings. The molecule has 0 radical (unpaired) electrons. The Labute approximate surface area is 225 Å². The summed E-state index contributed by atoms with van der Waals surface area (Å²) >= 11 is 0. The maximum Gasteiger partial charge on any atom is 0.410 e. The minimum absolute atomic E-state index is 0.0468. The Balaban J connectivity index is 1.79. The number of aryl methyl sites for hydroxylation is 1. The van der Waals surface area contributed by atoms with Crippen molar-refractivity contribution in [1.82, 2.24) is 10.2 Å². The van der Waals surface area contributed by atoms with E-state index < -0.39 is 29.9 Å². The monoisotopic (exact) mass is 518 g/mol. The van der Waals surface area contributed by atoms with Crippen molar-refractivity contribution in [3.05, 3.63) is 107 Å². The number of aliphatic hydroxyl groups excluding tert-OH is 1. The van der Waals surface area contributed by atoms with Crippen LogP contribution in [-0.4, -0.2) is 46.5 Å². The van der Waals surface area contributed by atoms with Crippen molar-refractivity contribution < 1.29 is 24.2 Å². The third kappa shape index (κ3) is 9.90. The van der Waals surface area contributed by atoms with Gasteiger partial charge in [-0.15, -0.1) is 0 Å². The van der Waals surface area contributed by atoms with E-state index in [2.05, 4.69) is 5.32 Å². The van der Waals surface area contributed by atoms with Crippen molar-refractivity contribution >= 4 is 12.2 Å². The molecule has 3 aromatic carbocycles. The molecule has 2 N–H and O–H groups in total. The summed E-state index contributed by atoms with van der Waals surface area (Å²) in [5.74, 6) is 0. The minimum Gasteiger partial charge on any atom is -0.445 e. The molecule has 0 saturated heterocycles. The van der Waals surface area contributed by atoms with Gasteiger partial charge in [-0.25, -0.2) is 9.59 Å². The van der Waals surface area contributed by atoms with Gasteiger partial charge < -0.3 is 24.8 Å². The second-order valence-corrected chi connectivity index (χ2v) is 10.4. The van der Waals surface area contributed by atoms with Crippen LogP contribution in [0.1, 0.15) is 43.0 Å². The molecule has 38 heavy (non-hydrogen) atoms. The highest BCUT2D eigenvalue weighted by Gasteiger charge is 2.29. The summed E-state index contributed by atoms with van der Waals surface area (Å²) in [7, 11) is 0.